The Hall–Kier alpha value is 0.350. The number of nitrogens with one attached hydrogen (secondary N) is 1. The summed E-state index contributed by atoms with van der Waals surface area (Å²) in [6, 6.07) is 2.81. The van der Waals surface area contributed by atoms with E-state index in [0.717, 1.165) is 10.7 Å². The van der Waals surface area contributed by atoms with E-state index in [1.165, 1.54) is 0 Å². The molecule has 0 aliphatic heterocycles. The molecule has 0 aliphatic carbocycles. The molecule has 0 heterocycles. The van der Waals surface area contributed by atoms with Crippen LogP contribution in [0.2, 0.25) is 0 Å². The molecule has 0 spiro atoms. The lowest BCUT2D eigenvalue weighted by molar-refractivity contribution is -0.142. The van der Waals surface area contributed by atoms with Crippen LogP contribution in [0.5, 0.6) is 0 Å². The van der Waals surface area contributed by atoms with Crippen molar-refractivity contribution in [2.45, 2.75) is 26.8 Å². The van der Waals surface area contributed by atoms with Gasteiger partial charge >= 0.3 is 5.97 Å². The topological polar surface area (TPSA) is 66.4 Å². The van der Waals surface area contributed by atoms with Crippen molar-refractivity contribution in [2.75, 3.05) is 0 Å². The number of halogens is 3. The maximum absolute atomic E-state index is 12.3. The van der Waals surface area contributed by atoms with Crippen molar-refractivity contribution in [3.8, 4) is 0 Å². The van der Waals surface area contributed by atoms with Gasteiger partial charge in [0.25, 0.3) is 5.91 Å². The van der Waals surface area contributed by atoms with E-state index in [1.807, 2.05) is 6.07 Å². The lowest BCUT2D eigenvalue weighted by Crippen LogP contribution is -2.49. The molecule has 1 atom stereocenters. The molecule has 0 aromatic heterocycles. The fraction of sp³-hybridized carbons (Fsp3) is 0.385. The number of amides is 1. The summed E-state index contributed by atoms with van der Waals surface area (Å²) in [5.74, 6) is -1.38. The van der Waals surface area contributed by atoms with Crippen LogP contribution in [0, 0.1) is 16.1 Å². The Morgan fingerprint density at radius 2 is 1.75 bits per heavy atom. The van der Waals surface area contributed by atoms with Crippen molar-refractivity contribution in [3.05, 3.63) is 28.4 Å². The van der Waals surface area contributed by atoms with E-state index in [2.05, 4.69) is 73.1 Å². The minimum absolute atomic E-state index is 0.354. The van der Waals surface area contributed by atoms with Gasteiger partial charge in [-0.2, -0.15) is 0 Å². The Balaban J connectivity index is 3.11. The third-order valence-corrected chi connectivity index (χ3v) is 6.29. The van der Waals surface area contributed by atoms with Gasteiger partial charge in [-0.1, -0.05) is 20.8 Å². The van der Waals surface area contributed by atoms with E-state index in [0.29, 0.717) is 5.56 Å². The number of carboxylic acids is 1. The van der Waals surface area contributed by atoms with Crippen LogP contribution in [0.4, 0.5) is 0 Å². The van der Waals surface area contributed by atoms with Crippen LogP contribution in [-0.2, 0) is 4.79 Å². The monoisotopic (exact) mass is 613 g/mol. The van der Waals surface area contributed by atoms with Crippen LogP contribution < -0.4 is 5.32 Å². The molecule has 1 rings (SSSR count). The highest BCUT2D eigenvalue weighted by Gasteiger charge is 2.33. The number of carbonyl (C=O) groups excluding carboxylic acids is 1. The Morgan fingerprint density at radius 1 is 1.20 bits per heavy atom. The Bertz CT molecular complexity index is 553. The van der Waals surface area contributed by atoms with Gasteiger partial charge in [0.05, 0.1) is 5.56 Å². The molecule has 1 aromatic rings. The van der Waals surface area contributed by atoms with Crippen LogP contribution in [0.15, 0.2) is 12.1 Å². The fourth-order valence-electron chi connectivity index (χ4n) is 1.58. The second-order valence-electron chi connectivity index (χ2n) is 5.36. The lowest BCUT2D eigenvalue weighted by Gasteiger charge is -2.28. The van der Waals surface area contributed by atoms with Gasteiger partial charge in [-0.15, -0.1) is 0 Å². The molecule has 0 saturated carbocycles. The Morgan fingerprint density at radius 3 is 2.20 bits per heavy atom. The first-order valence-corrected chi connectivity index (χ1v) is 8.96. The maximum Gasteiger partial charge on any atom is 0.326 e. The number of hydrogen-bond acceptors (Lipinski definition) is 2. The molecule has 1 unspecified atom stereocenters. The first kappa shape index (κ1) is 18.4. The normalized spacial score (nSPS) is 12.9. The molecule has 110 valence electrons. The van der Waals surface area contributed by atoms with Crippen LogP contribution in [0.3, 0.4) is 0 Å². The van der Waals surface area contributed by atoms with Crippen molar-refractivity contribution >= 4 is 79.6 Å². The summed E-state index contributed by atoms with van der Waals surface area (Å²) >= 11 is 6.41. The minimum Gasteiger partial charge on any atom is -0.480 e. The van der Waals surface area contributed by atoms with Crippen molar-refractivity contribution < 1.29 is 14.7 Å². The zero-order valence-electron chi connectivity index (χ0n) is 11.1. The Labute approximate surface area is 158 Å². The maximum atomic E-state index is 12.3. The molecule has 0 saturated heterocycles. The molecule has 0 bridgehead atoms. The van der Waals surface area contributed by atoms with Crippen LogP contribution in [0.25, 0.3) is 0 Å². The number of carboxylic acid groups (broad SMARTS) is 1. The fourth-order valence-corrected chi connectivity index (χ4v) is 3.98. The van der Waals surface area contributed by atoms with Gasteiger partial charge in [0, 0.05) is 10.7 Å². The highest BCUT2D eigenvalue weighted by Crippen LogP contribution is 2.24. The molecular weight excluding hydrogens is 599 g/mol. The molecule has 1 amide bonds. The third kappa shape index (κ3) is 4.68. The minimum atomic E-state index is -1.03. The predicted molar refractivity (Wildman–Crippen MR) is 103 cm³/mol. The summed E-state index contributed by atoms with van der Waals surface area (Å²) in [6.45, 7) is 5.36. The zero-order valence-corrected chi connectivity index (χ0v) is 17.6. The number of benzene rings is 1. The van der Waals surface area contributed by atoms with E-state index in [4.69, 9.17) is 0 Å². The summed E-state index contributed by atoms with van der Waals surface area (Å²) in [4.78, 5) is 23.7. The molecule has 0 aliphatic rings. The lowest BCUT2D eigenvalue weighted by atomic mass is 9.86. The van der Waals surface area contributed by atoms with Crippen molar-refractivity contribution in [2.24, 2.45) is 5.41 Å². The van der Waals surface area contributed by atoms with Crippen molar-refractivity contribution in [3.63, 3.8) is 0 Å². The van der Waals surface area contributed by atoms with E-state index in [9.17, 15) is 14.7 Å². The average Bonchev–Trinajstić information content (AvgIpc) is 2.28. The van der Waals surface area contributed by atoms with E-state index < -0.39 is 17.4 Å². The van der Waals surface area contributed by atoms with Gasteiger partial charge in [-0.3, -0.25) is 4.79 Å². The third-order valence-electron chi connectivity index (χ3n) is 2.63. The Kier molecular flexibility index (Phi) is 6.51. The first-order chi connectivity index (χ1) is 9.04. The molecule has 0 fully saturated rings. The second-order valence-corrected chi connectivity index (χ2v) is 8.85. The molecule has 2 N–H and O–H groups in total. The number of carbonyl (C=O) groups is 2. The van der Waals surface area contributed by atoms with Gasteiger partial charge in [-0.05, 0) is 85.3 Å². The van der Waals surface area contributed by atoms with Crippen LogP contribution >= 0.6 is 67.8 Å². The summed E-state index contributed by atoms with van der Waals surface area (Å²) in [6.07, 6.45) is 0. The number of hydrogen-bond donors (Lipinski definition) is 2. The van der Waals surface area contributed by atoms with Crippen molar-refractivity contribution in [1.29, 1.82) is 0 Å². The highest BCUT2D eigenvalue weighted by molar-refractivity contribution is 14.1. The van der Waals surface area contributed by atoms with Crippen molar-refractivity contribution in [1.82, 2.24) is 5.32 Å². The van der Waals surface area contributed by atoms with Gasteiger partial charge in [0.15, 0.2) is 0 Å². The largest absolute Gasteiger partial charge is 0.480 e. The summed E-state index contributed by atoms with van der Waals surface area (Å²) in [5, 5.41) is 11.9. The highest BCUT2D eigenvalue weighted by atomic mass is 127. The quantitative estimate of drug-likeness (QED) is 0.404. The van der Waals surface area contributed by atoms with Gasteiger partial charge in [-0.25, -0.2) is 4.79 Å². The predicted octanol–water partition coefficient (Wildman–Crippen LogP) is 3.73. The SMILES string of the molecule is CC(C)(C)C(NC(=O)c1cc(I)cc(I)c1I)C(=O)O. The van der Waals surface area contributed by atoms with E-state index in [1.54, 1.807) is 26.8 Å². The van der Waals surface area contributed by atoms with Gasteiger partial charge in [0.1, 0.15) is 6.04 Å². The number of rotatable bonds is 3. The zero-order chi connectivity index (χ0) is 15.7. The molecule has 0 radical (unpaired) electrons. The average molecular weight is 613 g/mol. The van der Waals surface area contributed by atoms with Crippen LogP contribution in [0.1, 0.15) is 31.1 Å². The molecule has 20 heavy (non-hydrogen) atoms. The summed E-state index contributed by atoms with van der Waals surface area (Å²) in [5.41, 5.74) is -0.0421. The summed E-state index contributed by atoms with van der Waals surface area (Å²) < 4.78 is 2.75. The molecule has 4 nitrogen and oxygen atoms in total. The second kappa shape index (κ2) is 7.07. The smallest absolute Gasteiger partial charge is 0.326 e. The van der Waals surface area contributed by atoms with Crippen LogP contribution in [-0.4, -0.2) is 23.0 Å². The standard InChI is InChI=1S/C13H14I3NO3/c1-13(2,3)10(12(19)20)17-11(18)7-4-6(14)5-8(15)9(7)16/h4-5,10H,1-3H3,(H,17,18)(H,19,20). The van der Waals surface area contributed by atoms with E-state index in [-0.39, 0.29) is 5.91 Å². The number of aliphatic carboxylic acids is 1. The van der Waals surface area contributed by atoms with Gasteiger partial charge in [0.2, 0.25) is 0 Å². The first-order valence-electron chi connectivity index (χ1n) is 5.72. The molecule has 1 aromatic carbocycles. The van der Waals surface area contributed by atoms with E-state index >= 15 is 0 Å². The summed E-state index contributed by atoms with van der Waals surface area (Å²) in [7, 11) is 0. The molecule has 7 heteroatoms. The van der Waals surface area contributed by atoms with Gasteiger partial charge < -0.3 is 10.4 Å². The molecular formula is C13H14I3NO3.